The smallest absolute Gasteiger partial charge is 0.0520 e. The molecule has 0 saturated carbocycles. The molecule has 0 aliphatic heterocycles. The Hall–Kier alpha value is -0.490. The SMILES string of the molecule is Cc1[c]cc[c]c1Cl. The summed E-state index contributed by atoms with van der Waals surface area (Å²) in [6, 6.07) is 9.31. The van der Waals surface area contributed by atoms with Crippen LogP contribution in [0.3, 0.4) is 0 Å². The largest absolute Gasteiger partial charge is 0.0833 e. The van der Waals surface area contributed by atoms with Gasteiger partial charge in [-0.1, -0.05) is 23.7 Å². The fourth-order valence-corrected chi connectivity index (χ4v) is 0.571. The molecule has 0 heterocycles. The van der Waals surface area contributed by atoms with Crippen LogP contribution in [-0.2, 0) is 0 Å². The average Bonchev–Trinajstić information content (AvgIpc) is 1.77. The fourth-order valence-electron chi connectivity index (χ4n) is 0.453. The number of aryl methyl sites for hydroxylation is 1. The summed E-state index contributed by atoms with van der Waals surface area (Å²) in [4.78, 5) is 0. The van der Waals surface area contributed by atoms with Crippen molar-refractivity contribution < 1.29 is 0 Å². The molecule has 0 bridgehead atoms. The Morgan fingerprint density at radius 2 is 2.00 bits per heavy atom. The molecule has 2 radical (unpaired) electrons. The predicted molar refractivity (Wildman–Crippen MR) is 33.9 cm³/mol. The van der Waals surface area contributed by atoms with E-state index in [-0.39, 0.29) is 0 Å². The van der Waals surface area contributed by atoms with Gasteiger partial charge in [0.15, 0.2) is 0 Å². The topological polar surface area (TPSA) is 0 Å². The minimum atomic E-state index is 0.660. The molecule has 0 nitrogen and oxygen atoms in total. The maximum atomic E-state index is 5.62. The Balaban J connectivity index is 3.13. The van der Waals surface area contributed by atoms with Gasteiger partial charge in [0.25, 0.3) is 0 Å². The highest BCUT2D eigenvalue weighted by Gasteiger charge is 1.88. The van der Waals surface area contributed by atoms with Gasteiger partial charge in [-0.25, -0.2) is 0 Å². The van der Waals surface area contributed by atoms with E-state index in [1.165, 1.54) is 0 Å². The van der Waals surface area contributed by atoms with Crippen LogP contribution in [-0.4, -0.2) is 0 Å². The summed E-state index contributed by atoms with van der Waals surface area (Å²) in [7, 11) is 0. The maximum absolute atomic E-state index is 5.62. The molecule has 0 N–H and O–H groups in total. The van der Waals surface area contributed by atoms with E-state index in [1.54, 1.807) is 12.1 Å². The molecule has 0 aliphatic rings. The highest BCUT2D eigenvalue weighted by Crippen LogP contribution is 2.10. The van der Waals surface area contributed by atoms with Crippen molar-refractivity contribution in [1.29, 1.82) is 0 Å². The quantitative estimate of drug-likeness (QED) is 0.498. The molecule has 0 fully saturated rings. The Morgan fingerprint density at radius 1 is 1.38 bits per heavy atom. The van der Waals surface area contributed by atoms with Crippen LogP contribution < -0.4 is 0 Å². The van der Waals surface area contributed by atoms with Gasteiger partial charge in [-0.05, 0) is 18.6 Å². The van der Waals surface area contributed by atoms with Crippen LogP contribution in [0.4, 0.5) is 0 Å². The van der Waals surface area contributed by atoms with Gasteiger partial charge in [0.1, 0.15) is 0 Å². The lowest BCUT2D eigenvalue weighted by molar-refractivity contribution is 1.45. The van der Waals surface area contributed by atoms with Gasteiger partial charge in [0, 0.05) is 6.07 Å². The monoisotopic (exact) mass is 124 g/mol. The zero-order valence-corrected chi connectivity index (χ0v) is 5.29. The molecule has 0 aromatic heterocycles. The molecule has 0 spiro atoms. The molecule has 8 heavy (non-hydrogen) atoms. The van der Waals surface area contributed by atoms with Crippen LogP contribution in [0.5, 0.6) is 0 Å². The van der Waals surface area contributed by atoms with Crippen LogP contribution in [0.2, 0.25) is 5.02 Å². The van der Waals surface area contributed by atoms with Gasteiger partial charge in [-0.3, -0.25) is 0 Å². The molecular weight excluding hydrogens is 120 g/mol. The fraction of sp³-hybridized carbons (Fsp3) is 0.143. The number of rotatable bonds is 0. The Bertz CT molecular complexity index is 160. The molecule has 0 aliphatic carbocycles. The molecule has 0 saturated heterocycles. The molecule has 1 aromatic carbocycles. The van der Waals surface area contributed by atoms with Crippen LogP contribution in [0.15, 0.2) is 12.1 Å². The molecule has 1 aromatic rings. The first-order valence-electron chi connectivity index (χ1n) is 2.35. The number of hydrogen-bond acceptors (Lipinski definition) is 0. The minimum Gasteiger partial charge on any atom is -0.0833 e. The van der Waals surface area contributed by atoms with Crippen molar-refractivity contribution in [3.63, 3.8) is 0 Å². The molecule has 0 amide bonds. The number of benzene rings is 1. The van der Waals surface area contributed by atoms with E-state index in [2.05, 4.69) is 12.1 Å². The van der Waals surface area contributed by atoms with Gasteiger partial charge in [-0.15, -0.1) is 0 Å². The summed E-state index contributed by atoms with van der Waals surface area (Å²) >= 11 is 5.62. The summed E-state index contributed by atoms with van der Waals surface area (Å²) in [6.45, 7) is 1.90. The third-order valence-corrected chi connectivity index (χ3v) is 1.32. The van der Waals surface area contributed by atoms with Crippen molar-refractivity contribution in [2.24, 2.45) is 0 Å². The molecule has 1 rings (SSSR count). The van der Waals surface area contributed by atoms with Gasteiger partial charge in [0.2, 0.25) is 0 Å². The van der Waals surface area contributed by atoms with Crippen LogP contribution in [0, 0.1) is 19.1 Å². The van der Waals surface area contributed by atoms with Crippen molar-refractivity contribution in [2.75, 3.05) is 0 Å². The Kier molecular flexibility index (Phi) is 1.54. The minimum absolute atomic E-state index is 0.660. The third-order valence-electron chi connectivity index (χ3n) is 0.922. The molecule has 0 atom stereocenters. The van der Waals surface area contributed by atoms with Gasteiger partial charge in [-0.2, -0.15) is 0 Å². The predicted octanol–water partition coefficient (Wildman–Crippen LogP) is 2.25. The van der Waals surface area contributed by atoms with Crippen molar-refractivity contribution >= 4 is 11.6 Å². The second-order valence-corrected chi connectivity index (χ2v) is 1.94. The zero-order valence-electron chi connectivity index (χ0n) is 4.53. The zero-order chi connectivity index (χ0) is 5.98. The summed E-state index contributed by atoms with van der Waals surface area (Å²) < 4.78 is 0. The lowest BCUT2D eigenvalue weighted by Crippen LogP contribution is -1.70. The van der Waals surface area contributed by atoms with Gasteiger partial charge < -0.3 is 0 Å². The van der Waals surface area contributed by atoms with Gasteiger partial charge >= 0.3 is 0 Å². The van der Waals surface area contributed by atoms with E-state index in [4.69, 9.17) is 11.6 Å². The maximum Gasteiger partial charge on any atom is 0.0520 e. The van der Waals surface area contributed by atoms with E-state index in [9.17, 15) is 0 Å². The summed E-state index contributed by atoms with van der Waals surface area (Å²) in [6.07, 6.45) is 0. The van der Waals surface area contributed by atoms with Crippen molar-refractivity contribution in [2.45, 2.75) is 6.92 Å². The lowest BCUT2D eigenvalue weighted by atomic mass is 10.2. The van der Waals surface area contributed by atoms with Gasteiger partial charge in [0.05, 0.1) is 5.02 Å². The molecule has 1 heteroatoms. The van der Waals surface area contributed by atoms with Crippen LogP contribution in [0.25, 0.3) is 0 Å². The van der Waals surface area contributed by atoms with Crippen molar-refractivity contribution in [1.82, 2.24) is 0 Å². The summed E-state index contributed by atoms with van der Waals surface area (Å²) in [5, 5.41) is 0.660. The van der Waals surface area contributed by atoms with E-state index in [0.717, 1.165) is 5.56 Å². The van der Waals surface area contributed by atoms with E-state index < -0.39 is 0 Å². The number of hydrogen-bond donors (Lipinski definition) is 0. The molecular formula is C7H5Cl. The second kappa shape index (κ2) is 2.19. The van der Waals surface area contributed by atoms with E-state index in [1.807, 2.05) is 6.92 Å². The normalized spacial score (nSPS) is 9.25. The first kappa shape index (κ1) is 5.64. The lowest BCUT2D eigenvalue weighted by Gasteiger charge is -1.89. The first-order chi connectivity index (χ1) is 3.80. The second-order valence-electron chi connectivity index (χ2n) is 1.56. The third kappa shape index (κ3) is 1.01. The standard InChI is InChI=1S/C7H5Cl/c1-6-4-2-3-5-7(6)8/h2-3H,1H3. The highest BCUT2D eigenvalue weighted by molar-refractivity contribution is 6.31. The molecule has 40 valence electrons. The van der Waals surface area contributed by atoms with Crippen LogP contribution in [0.1, 0.15) is 5.56 Å². The summed E-state index contributed by atoms with van der Waals surface area (Å²) in [5.41, 5.74) is 0.953. The van der Waals surface area contributed by atoms with E-state index in [0.29, 0.717) is 5.02 Å². The molecule has 0 unspecified atom stereocenters. The van der Waals surface area contributed by atoms with E-state index >= 15 is 0 Å². The highest BCUT2D eigenvalue weighted by atomic mass is 35.5. The van der Waals surface area contributed by atoms with Crippen molar-refractivity contribution in [3.05, 3.63) is 34.9 Å². The van der Waals surface area contributed by atoms with Crippen LogP contribution >= 0.6 is 11.6 Å². The first-order valence-corrected chi connectivity index (χ1v) is 2.73. The Labute approximate surface area is 54.1 Å². The Morgan fingerprint density at radius 3 is 2.38 bits per heavy atom. The summed E-state index contributed by atoms with van der Waals surface area (Å²) in [5.74, 6) is 0. The number of halogens is 1. The van der Waals surface area contributed by atoms with Crippen molar-refractivity contribution in [3.8, 4) is 0 Å². The average molecular weight is 125 g/mol.